The monoisotopic (exact) mass is 639 g/mol. The lowest BCUT2D eigenvalue weighted by atomic mass is 10.0. The number of nitrogens with zero attached hydrogens (tertiary/aromatic N) is 1. The molecule has 0 radical (unpaired) electrons. The number of ether oxygens (including phenoxy) is 2. The number of carboxylic acid groups (broad SMARTS) is 1. The molecule has 4 aromatic carbocycles. The van der Waals surface area contributed by atoms with Gasteiger partial charge in [0.25, 0.3) is 0 Å². The molecule has 0 spiro atoms. The van der Waals surface area contributed by atoms with Crippen LogP contribution in [0.1, 0.15) is 24.0 Å². The summed E-state index contributed by atoms with van der Waals surface area (Å²) in [5.74, 6) is -2.69. The minimum atomic E-state index is -5.08. The molecule has 0 aliphatic rings. The first-order chi connectivity index (χ1) is 21.9. The Labute approximate surface area is 264 Å². The van der Waals surface area contributed by atoms with E-state index in [1.807, 2.05) is 84.9 Å². The van der Waals surface area contributed by atoms with Crippen LogP contribution in [0, 0.1) is 0 Å². The van der Waals surface area contributed by atoms with Gasteiger partial charge in [-0.15, -0.1) is 0 Å². The van der Waals surface area contributed by atoms with Crippen LogP contribution in [0.4, 0.5) is 13.2 Å². The number of nitrogens with two attached hydrogens (primary N) is 2. The maximum atomic E-state index is 13.8. The van der Waals surface area contributed by atoms with Crippen LogP contribution in [-0.2, 0) is 27.3 Å². The largest absolute Gasteiger partial charge is 0.496 e. The van der Waals surface area contributed by atoms with Crippen LogP contribution >= 0.6 is 0 Å². The normalized spacial score (nSPS) is 12.3. The zero-order valence-corrected chi connectivity index (χ0v) is 25.2. The van der Waals surface area contributed by atoms with Gasteiger partial charge in [0.1, 0.15) is 17.5 Å². The minimum absolute atomic E-state index is 0.216. The number of esters is 1. The minimum Gasteiger partial charge on any atom is -0.496 e. The Morgan fingerprint density at radius 2 is 1.46 bits per heavy atom. The molecule has 0 aliphatic heterocycles. The molecule has 9 nitrogen and oxygen atoms in total. The number of aliphatic carboxylic acids is 1. The summed E-state index contributed by atoms with van der Waals surface area (Å²) in [6, 6.07) is 28.6. The molecule has 12 heteroatoms. The van der Waals surface area contributed by atoms with Crippen molar-refractivity contribution < 1.29 is 42.1 Å². The third kappa shape index (κ3) is 10.3. The number of hydrogen-bond acceptors (Lipinski definition) is 7. The lowest BCUT2D eigenvalue weighted by Gasteiger charge is -2.32. The van der Waals surface area contributed by atoms with Crippen molar-refractivity contribution in [3.05, 3.63) is 108 Å². The van der Waals surface area contributed by atoms with Gasteiger partial charge in [-0.3, -0.25) is 4.79 Å². The summed E-state index contributed by atoms with van der Waals surface area (Å²) in [7, 11) is 1.58. The Morgan fingerprint density at radius 3 is 2.02 bits per heavy atom. The quantitative estimate of drug-likeness (QED) is 0.144. The molecule has 0 bridgehead atoms. The van der Waals surface area contributed by atoms with Gasteiger partial charge in [-0.25, -0.2) is 9.59 Å². The number of carbonyl (C=O) groups is 3. The van der Waals surface area contributed by atoms with Crippen LogP contribution in [0.3, 0.4) is 0 Å². The molecule has 2 atom stereocenters. The molecule has 1 amide bonds. The molecular formula is C34H36F3N3O6. The van der Waals surface area contributed by atoms with E-state index in [0.29, 0.717) is 37.3 Å². The fourth-order valence-electron chi connectivity index (χ4n) is 4.66. The average molecular weight is 640 g/mol. The highest BCUT2D eigenvalue weighted by atomic mass is 19.4. The smallest absolute Gasteiger partial charge is 0.490 e. The maximum absolute atomic E-state index is 13.8. The topological polar surface area (TPSA) is 145 Å². The first kappa shape index (κ1) is 35.5. The van der Waals surface area contributed by atoms with Crippen LogP contribution < -0.4 is 20.9 Å². The molecule has 0 unspecified atom stereocenters. The summed E-state index contributed by atoms with van der Waals surface area (Å²) in [4.78, 5) is 38.0. The van der Waals surface area contributed by atoms with Crippen LogP contribution in [0.5, 0.6) is 11.5 Å². The number of carboxylic acids is 1. The Morgan fingerprint density at radius 1 is 0.891 bits per heavy atom. The number of carbonyl (C=O) groups excluding carboxylic acids is 2. The van der Waals surface area contributed by atoms with E-state index in [-0.39, 0.29) is 12.5 Å². The second-order valence-electron chi connectivity index (χ2n) is 10.3. The molecule has 0 heterocycles. The lowest BCUT2D eigenvalue weighted by Crippen LogP contribution is -2.52. The summed E-state index contributed by atoms with van der Waals surface area (Å²) in [5.41, 5.74) is 14.1. The molecule has 4 aromatic rings. The van der Waals surface area contributed by atoms with Crippen LogP contribution in [0.15, 0.2) is 97.1 Å². The van der Waals surface area contributed by atoms with Gasteiger partial charge in [-0.05, 0) is 48.4 Å². The number of benzene rings is 4. The fraction of sp³-hybridized carbons (Fsp3) is 0.265. The average Bonchev–Trinajstić information content (AvgIpc) is 3.04. The third-order valence-corrected chi connectivity index (χ3v) is 6.90. The van der Waals surface area contributed by atoms with Crippen LogP contribution in [-0.4, -0.2) is 59.8 Å². The van der Waals surface area contributed by atoms with E-state index in [9.17, 15) is 22.8 Å². The SMILES string of the molecule is COc1cc(OC(=O)[C@H](CCCN)N(Cc2ccccc2)C(=O)[C@@H](N)Cc2ccccc2)cc2ccccc12.O=C(O)C(F)(F)F. The molecule has 0 saturated heterocycles. The highest BCUT2D eigenvalue weighted by Crippen LogP contribution is 2.31. The van der Waals surface area contributed by atoms with Crippen molar-refractivity contribution in [2.24, 2.45) is 11.5 Å². The van der Waals surface area contributed by atoms with Crippen molar-refractivity contribution in [2.75, 3.05) is 13.7 Å². The number of alkyl halides is 3. The molecule has 46 heavy (non-hydrogen) atoms. The third-order valence-electron chi connectivity index (χ3n) is 6.90. The van der Waals surface area contributed by atoms with Gasteiger partial charge in [-0.1, -0.05) is 84.9 Å². The van der Waals surface area contributed by atoms with Gasteiger partial charge < -0.3 is 30.9 Å². The van der Waals surface area contributed by atoms with Gasteiger partial charge in [0.05, 0.1) is 13.2 Å². The van der Waals surface area contributed by atoms with Gasteiger partial charge in [0.15, 0.2) is 0 Å². The van der Waals surface area contributed by atoms with Gasteiger partial charge in [0.2, 0.25) is 5.91 Å². The number of methoxy groups -OCH3 is 1. The summed E-state index contributed by atoms with van der Waals surface area (Å²) in [5, 5.41) is 8.91. The molecule has 244 valence electrons. The summed E-state index contributed by atoms with van der Waals surface area (Å²) >= 11 is 0. The van der Waals surface area contributed by atoms with Crippen LogP contribution in [0.25, 0.3) is 10.8 Å². The van der Waals surface area contributed by atoms with Crippen LogP contribution in [0.2, 0.25) is 0 Å². The predicted molar refractivity (Wildman–Crippen MR) is 167 cm³/mol. The van der Waals surface area contributed by atoms with E-state index >= 15 is 0 Å². The van der Waals surface area contributed by atoms with Crippen molar-refractivity contribution in [1.29, 1.82) is 0 Å². The molecule has 4 rings (SSSR count). The van der Waals surface area contributed by atoms with Crippen molar-refractivity contribution in [2.45, 2.75) is 44.1 Å². The highest BCUT2D eigenvalue weighted by Gasteiger charge is 2.38. The fourth-order valence-corrected chi connectivity index (χ4v) is 4.66. The van der Waals surface area contributed by atoms with Crippen molar-refractivity contribution in [3.8, 4) is 11.5 Å². The molecule has 0 aromatic heterocycles. The number of fused-ring (bicyclic) bond motifs is 1. The van der Waals surface area contributed by atoms with Crippen molar-refractivity contribution in [3.63, 3.8) is 0 Å². The van der Waals surface area contributed by atoms with E-state index in [0.717, 1.165) is 21.9 Å². The Hall–Kier alpha value is -4.94. The lowest BCUT2D eigenvalue weighted by molar-refractivity contribution is -0.192. The standard InChI is InChI=1S/C32H35N3O4.C2HF3O2/c1-38-30-21-26(20-25-15-8-9-16-27(25)30)39-32(37)29(17-10-18-33)35(22-24-13-6-3-7-14-24)31(36)28(34)19-23-11-4-2-5-12-23;3-2(4,5)1(6)7/h2-9,11-16,20-21,28-29H,10,17-19,22,33-34H2,1H3;(H,6,7)/t28-,29-;/m0./s1. The number of halogens is 3. The number of amides is 1. The zero-order chi connectivity index (χ0) is 33.7. The molecule has 0 aliphatic carbocycles. The number of hydrogen-bond donors (Lipinski definition) is 3. The molecule has 5 N–H and O–H groups in total. The Balaban J connectivity index is 0.000000738. The molecular weight excluding hydrogens is 603 g/mol. The van der Waals surface area contributed by atoms with Gasteiger partial charge in [0, 0.05) is 18.0 Å². The van der Waals surface area contributed by atoms with E-state index < -0.39 is 30.2 Å². The molecule has 0 saturated carbocycles. The Kier molecular flexibility index (Phi) is 13.1. The van der Waals surface area contributed by atoms with E-state index in [1.165, 1.54) is 0 Å². The Bertz CT molecular complexity index is 1590. The highest BCUT2D eigenvalue weighted by molar-refractivity contribution is 5.92. The van der Waals surface area contributed by atoms with E-state index in [4.69, 9.17) is 30.8 Å². The molecule has 0 fully saturated rings. The first-order valence-electron chi connectivity index (χ1n) is 14.4. The predicted octanol–water partition coefficient (Wildman–Crippen LogP) is 5.09. The maximum Gasteiger partial charge on any atom is 0.490 e. The van der Waals surface area contributed by atoms with Crippen molar-refractivity contribution >= 4 is 28.6 Å². The number of rotatable bonds is 12. The van der Waals surface area contributed by atoms with Gasteiger partial charge in [-0.2, -0.15) is 13.2 Å². The van der Waals surface area contributed by atoms with Crippen molar-refractivity contribution in [1.82, 2.24) is 4.90 Å². The zero-order valence-electron chi connectivity index (χ0n) is 25.2. The summed E-state index contributed by atoms with van der Waals surface area (Å²) in [6.45, 7) is 0.588. The summed E-state index contributed by atoms with van der Waals surface area (Å²) in [6.07, 6.45) is -3.85. The first-order valence-corrected chi connectivity index (χ1v) is 14.4. The second-order valence-corrected chi connectivity index (χ2v) is 10.3. The second kappa shape index (κ2) is 16.9. The van der Waals surface area contributed by atoms with E-state index in [2.05, 4.69) is 0 Å². The summed E-state index contributed by atoms with van der Waals surface area (Å²) < 4.78 is 43.2. The van der Waals surface area contributed by atoms with E-state index in [1.54, 1.807) is 24.1 Å². The van der Waals surface area contributed by atoms with Gasteiger partial charge >= 0.3 is 18.1 Å².